The third-order valence-corrected chi connectivity index (χ3v) is 2.55. The van der Waals surface area contributed by atoms with E-state index in [1.807, 2.05) is 6.92 Å². The zero-order valence-electron chi connectivity index (χ0n) is 8.25. The van der Waals surface area contributed by atoms with Crippen LogP contribution in [-0.2, 0) is 9.53 Å². The number of carbonyl (C=O) groups excluding carboxylic acids is 1. The molecule has 0 unspecified atom stereocenters. The molecule has 1 fully saturated rings. The monoisotopic (exact) mass is 186 g/mol. The van der Waals surface area contributed by atoms with Crippen LogP contribution in [0.25, 0.3) is 0 Å². The summed E-state index contributed by atoms with van der Waals surface area (Å²) in [6.45, 7) is 1.91. The molecule has 1 aliphatic rings. The summed E-state index contributed by atoms with van der Waals surface area (Å²) >= 11 is 0. The van der Waals surface area contributed by atoms with Crippen molar-refractivity contribution in [3.05, 3.63) is 0 Å². The summed E-state index contributed by atoms with van der Waals surface area (Å²) < 4.78 is 5.10. The third-order valence-electron chi connectivity index (χ3n) is 2.55. The van der Waals surface area contributed by atoms with Crippen molar-refractivity contribution in [2.24, 2.45) is 5.73 Å². The summed E-state index contributed by atoms with van der Waals surface area (Å²) in [6, 6.07) is -0.0864. The average molecular weight is 186 g/mol. The fourth-order valence-corrected chi connectivity index (χ4v) is 1.37. The lowest BCUT2D eigenvalue weighted by atomic mass is 9.89. The van der Waals surface area contributed by atoms with Crippen molar-refractivity contribution >= 4 is 5.91 Å². The molecule has 0 saturated heterocycles. The second-order valence-corrected chi connectivity index (χ2v) is 3.55. The molecule has 1 saturated carbocycles. The molecule has 0 aliphatic heterocycles. The average Bonchev–Trinajstić information content (AvgIpc) is 2.08. The molecule has 1 amide bonds. The standard InChI is InChI=1S/C9H18N2O2/c1-3-8(10)9(12)11-6-4-7(5-6)13-2/h6-8H,3-5,10H2,1-2H3,(H,11,12)/t6?,7?,8-/m0/s1. The highest BCUT2D eigenvalue weighted by Gasteiger charge is 2.30. The zero-order chi connectivity index (χ0) is 9.84. The van der Waals surface area contributed by atoms with Crippen LogP contribution >= 0.6 is 0 Å². The van der Waals surface area contributed by atoms with E-state index >= 15 is 0 Å². The molecule has 0 heterocycles. The Morgan fingerprint density at radius 2 is 2.31 bits per heavy atom. The predicted molar refractivity (Wildman–Crippen MR) is 50.2 cm³/mol. The van der Waals surface area contributed by atoms with Crippen LogP contribution in [0, 0.1) is 0 Å². The summed E-state index contributed by atoms with van der Waals surface area (Å²) in [5.41, 5.74) is 5.57. The molecule has 13 heavy (non-hydrogen) atoms. The minimum absolute atomic E-state index is 0.0398. The molecule has 3 N–H and O–H groups in total. The summed E-state index contributed by atoms with van der Waals surface area (Å²) in [7, 11) is 1.69. The second-order valence-electron chi connectivity index (χ2n) is 3.55. The number of hydrogen-bond donors (Lipinski definition) is 2. The van der Waals surface area contributed by atoms with Crippen molar-refractivity contribution in [2.45, 2.75) is 44.4 Å². The van der Waals surface area contributed by atoms with Gasteiger partial charge in [0.05, 0.1) is 12.1 Å². The SMILES string of the molecule is CC[C@H](N)C(=O)NC1CC(OC)C1. The number of hydrogen-bond acceptors (Lipinski definition) is 3. The molecule has 0 aromatic rings. The molecular formula is C9H18N2O2. The summed E-state index contributed by atoms with van der Waals surface area (Å²) in [5.74, 6) is -0.0398. The predicted octanol–water partition coefficient (Wildman–Crippen LogP) is 0.0173. The Labute approximate surface area is 78.8 Å². The molecule has 0 radical (unpaired) electrons. The first-order valence-corrected chi connectivity index (χ1v) is 4.76. The van der Waals surface area contributed by atoms with Crippen LogP contribution in [0.2, 0.25) is 0 Å². The maximum Gasteiger partial charge on any atom is 0.237 e. The summed E-state index contributed by atoms with van der Waals surface area (Å²) in [4.78, 5) is 11.3. The van der Waals surface area contributed by atoms with E-state index in [0.29, 0.717) is 12.5 Å². The van der Waals surface area contributed by atoms with Gasteiger partial charge in [0, 0.05) is 13.2 Å². The van der Waals surface area contributed by atoms with E-state index in [1.165, 1.54) is 0 Å². The van der Waals surface area contributed by atoms with Crippen LogP contribution in [0.1, 0.15) is 26.2 Å². The van der Waals surface area contributed by atoms with Crippen molar-refractivity contribution in [1.82, 2.24) is 5.32 Å². The Balaban J connectivity index is 2.16. The molecule has 76 valence electrons. The lowest BCUT2D eigenvalue weighted by Gasteiger charge is -2.35. The van der Waals surface area contributed by atoms with Gasteiger partial charge in [-0.25, -0.2) is 0 Å². The van der Waals surface area contributed by atoms with E-state index in [0.717, 1.165) is 12.8 Å². The largest absolute Gasteiger partial charge is 0.381 e. The van der Waals surface area contributed by atoms with E-state index in [1.54, 1.807) is 7.11 Å². The number of rotatable bonds is 4. The molecule has 0 aromatic heterocycles. The van der Waals surface area contributed by atoms with Crippen LogP contribution in [-0.4, -0.2) is 31.2 Å². The maximum absolute atomic E-state index is 11.3. The van der Waals surface area contributed by atoms with Gasteiger partial charge in [0.2, 0.25) is 5.91 Å². The normalized spacial score (nSPS) is 29.2. The fourth-order valence-electron chi connectivity index (χ4n) is 1.37. The van der Waals surface area contributed by atoms with Crippen molar-refractivity contribution in [2.75, 3.05) is 7.11 Å². The number of nitrogens with two attached hydrogens (primary N) is 1. The molecule has 0 bridgehead atoms. The Kier molecular flexibility index (Phi) is 3.69. The number of methoxy groups -OCH3 is 1. The first-order chi connectivity index (χ1) is 6.17. The van der Waals surface area contributed by atoms with Gasteiger partial charge >= 0.3 is 0 Å². The Morgan fingerprint density at radius 3 is 2.77 bits per heavy atom. The van der Waals surface area contributed by atoms with E-state index in [4.69, 9.17) is 10.5 Å². The minimum Gasteiger partial charge on any atom is -0.381 e. The van der Waals surface area contributed by atoms with Gasteiger partial charge in [-0.2, -0.15) is 0 Å². The van der Waals surface area contributed by atoms with E-state index < -0.39 is 0 Å². The van der Waals surface area contributed by atoms with Crippen molar-refractivity contribution < 1.29 is 9.53 Å². The molecule has 4 heteroatoms. The third kappa shape index (κ3) is 2.67. The van der Waals surface area contributed by atoms with Crippen molar-refractivity contribution in [1.29, 1.82) is 0 Å². The quantitative estimate of drug-likeness (QED) is 0.650. The maximum atomic E-state index is 11.3. The molecule has 1 rings (SSSR count). The number of ether oxygens (including phenoxy) is 1. The number of amides is 1. The van der Waals surface area contributed by atoms with Crippen LogP contribution in [0.15, 0.2) is 0 Å². The van der Waals surface area contributed by atoms with Crippen LogP contribution in [0.5, 0.6) is 0 Å². The highest BCUT2D eigenvalue weighted by atomic mass is 16.5. The highest BCUT2D eigenvalue weighted by Crippen LogP contribution is 2.22. The fraction of sp³-hybridized carbons (Fsp3) is 0.889. The smallest absolute Gasteiger partial charge is 0.237 e. The number of carbonyl (C=O) groups is 1. The van der Waals surface area contributed by atoms with Gasteiger partial charge in [-0.15, -0.1) is 0 Å². The van der Waals surface area contributed by atoms with Gasteiger partial charge in [-0.3, -0.25) is 4.79 Å². The molecular weight excluding hydrogens is 168 g/mol. The second kappa shape index (κ2) is 4.58. The zero-order valence-corrected chi connectivity index (χ0v) is 8.25. The van der Waals surface area contributed by atoms with Crippen LogP contribution in [0.3, 0.4) is 0 Å². The van der Waals surface area contributed by atoms with E-state index in [2.05, 4.69) is 5.32 Å². The molecule has 1 atom stereocenters. The summed E-state index contributed by atoms with van der Waals surface area (Å²) in [5, 5.41) is 2.89. The van der Waals surface area contributed by atoms with Crippen LogP contribution < -0.4 is 11.1 Å². The molecule has 4 nitrogen and oxygen atoms in total. The van der Waals surface area contributed by atoms with Crippen molar-refractivity contribution in [3.63, 3.8) is 0 Å². The van der Waals surface area contributed by atoms with E-state index in [-0.39, 0.29) is 18.0 Å². The van der Waals surface area contributed by atoms with Gasteiger partial charge in [0.15, 0.2) is 0 Å². The van der Waals surface area contributed by atoms with Crippen LogP contribution in [0.4, 0.5) is 0 Å². The van der Waals surface area contributed by atoms with Gasteiger partial charge in [0.25, 0.3) is 0 Å². The Hall–Kier alpha value is -0.610. The molecule has 0 aromatic carbocycles. The van der Waals surface area contributed by atoms with Gasteiger partial charge in [-0.05, 0) is 19.3 Å². The van der Waals surface area contributed by atoms with Gasteiger partial charge < -0.3 is 15.8 Å². The highest BCUT2D eigenvalue weighted by molar-refractivity contribution is 5.81. The van der Waals surface area contributed by atoms with Gasteiger partial charge in [-0.1, -0.05) is 6.92 Å². The molecule has 0 spiro atoms. The lowest BCUT2D eigenvalue weighted by molar-refractivity contribution is -0.124. The Bertz CT molecular complexity index is 178. The number of nitrogens with one attached hydrogen (secondary N) is 1. The topological polar surface area (TPSA) is 64.4 Å². The van der Waals surface area contributed by atoms with E-state index in [9.17, 15) is 4.79 Å². The molecule has 1 aliphatic carbocycles. The first-order valence-electron chi connectivity index (χ1n) is 4.76. The van der Waals surface area contributed by atoms with Crippen molar-refractivity contribution in [3.8, 4) is 0 Å². The lowest BCUT2D eigenvalue weighted by Crippen LogP contribution is -2.52. The first kappa shape index (κ1) is 10.5. The summed E-state index contributed by atoms with van der Waals surface area (Å²) in [6.07, 6.45) is 2.84. The van der Waals surface area contributed by atoms with Gasteiger partial charge in [0.1, 0.15) is 0 Å². The minimum atomic E-state index is -0.360. The Morgan fingerprint density at radius 1 is 1.69 bits per heavy atom.